The van der Waals surface area contributed by atoms with Crippen molar-refractivity contribution in [1.82, 2.24) is 5.32 Å². The molecule has 3 atom stereocenters. The van der Waals surface area contributed by atoms with E-state index < -0.39 is 17.2 Å². The molecule has 2 aromatic carbocycles. The van der Waals surface area contributed by atoms with Crippen LogP contribution in [0.15, 0.2) is 36.4 Å². The van der Waals surface area contributed by atoms with Gasteiger partial charge in [0.25, 0.3) is 0 Å². The number of benzene rings is 2. The van der Waals surface area contributed by atoms with E-state index in [0.29, 0.717) is 23.7 Å². The summed E-state index contributed by atoms with van der Waals surface area (Å²) >= 11 is 12.4. The fourth-order valence-corrected chi connectivity index (χ4v) is 5.81. The van der Waals surface area contributed by atoms with Crippen LogP contribution in [0.25, 0.3) is 0 Å². The van der Waals surface area contributed by atoms with Gasteiger partial charge in [-0.1, -0.05) is 62.2 Å². The van der Waals surface area contributed by atoms with Crippen LogP contribution in [-0.4, -0.2) is 36.8 Å². The summed E-state index contributed by atoms with van der Waals surface area (Å²) in [5.41, 5.74) is 1.91. The van der Waals surface area contributed by atoms with Crippen LogP contribution in [0.4, 0.5) is 10.1 Å². The Hall–Kier alpha value is -1.82. The van der Waals surface area contributed by atoms with Gasteiger partial charge < -0.3 is 15.3 Å². The number of anilines is 1. The molecule has 2 aliphatic rings. The molecule has 0 bridgehead atoms. The van der Waals surface area contributed by atoms with Crippen molar-refractivity contribution in [3.8, 4) is 0 Å². The normalized spacial score (nSPS) is 25.3. The summed E-state index contributed by atoms with van der Waals surface area (Å²) < 4.78 is 15.2. The van der Waals surface area contributed by atoms with Gasteiger partial charge in [0.15, 0.2) is 0 Å². The van der Waals surface area contributed by atoms with Gasteiger partial charge in [-0.25, -0.2) is 4.39 Å². The van der Waals surface area contributed by atoms with Crippen molar-refractivity contribution in [3.05, 3.63) is 63.4 Å². The smallest absolute Gasteiger partial charge is 0.323 e. The monoisotopic (exact) mass is 464 g/mol. The van der Waals surface area contributed by atoms with Gasteiger partial charge in [-0.2, -0.15) is 0 Å². The fourth-order valence-electron chi connectivity index (χ4n) is 5.46. The van der Waals surface area contributed by atoms with Gasteiger partial charge in [0.05, 0.1) is 5.02 Å². The van der Waals surface area contributed by atoms with E-state index >= 15 is 4.39 Å². The molecule has 0 radical (unpaired) electrons. The molecule has 2 heterocycles. The molecule has 0 unspecified atom stereocenters. The van der Waals surface area contributed by atoms with Crippen LogP contribution < -0.4 is 10.2 Å². The third kappa shape index (κ3) is 3.92. The van der Waals surface area contributed by atoms with Gasteiger partial charge in [0.2, 0.25) is 0 Å². The van der Waals surface area contributed by atoms with Crippen molar-refractivity contribution < 1.29 is 14.3 Å². The fraction of sp³-hybridized carbons (Fsp3) is 0.458. The lowest BCUT2D eigenvalue weighted by Crippen LogP contribution is -2.48. The van der Waals surface area contributed by atoms with Gasteiger partial charge in [0.1, 0.15) is 12.4 Å². The molecule has 1 spiro atoms. The first-order valence-electron chi connectivity index (χ1n) is 10.5. The maximum atomic E-state index is 15.2. The van der Waals surface area contributed by atoms with Gasteiger partial charge in [-0.05, 0) is 41.2 Å². The Bertz CT molecular complexity index is 1020. The molecule has 7 heteroatoms. The number of halogens is 3. The second-order valence-electron chi connectivity index (χ2n) is 9.87. The molecular formula is C24H27Cl2FN2O2. The SMILES string of the molecule is CC(C)(C)C[C@@H]1NC[C@H](c2cccc(Cl)c2F)[C@]12CN(CC(=O)O)c1cc(Cl)ccc12. The van der Waals surface area contributed by atoms with E-state index in [1.54, 1.807) is 18.2 Å². The Labute approximate surface area is 192 Å². The van der Waals surface area contributed by atoms with E-state index in [0.717, 1.165) is 17.7 Å². The summed E-state index contributed by atoms with van der Waals surface area (Å²) in [6, 6.07) is 10.8. The standard InChI is InChI=1S/C24H27Cl2FN2O2/c1-23(2,3)10-20-24(17(11-28-20)15-5-4-6-18(26)22(15)27)13-29(12-21(30)31)19-9-14(25)7-8-16(19)24/h4-9,17,20,28H,10-13H2,1-3H3,(H,30,31)/t17-,20+,24-/m1/s1. The predicted octanol–water partition coefficient (Wildman–Crippen LogP) is 5.47. The highest BCUT2D eigenvalue weighted by atomic mass is 35.5. The average molecular weight is 465 g/mol. The zero-order valence-electron chi connectivity index (χ0n) is 17.9. The van der Waals surface area contributed by atoms with E-state index in [1.165, 1.54) is 0 Å². The van der Waals surface area contributed by atoms with Gasteiger partial charge in [0, 0.05) is 41.2 Å². The van der Waals surface area contributed by atoms with Crippen LogP contribution in [0.2, 0.25) is 10.0 Å². The minimum Gasteiger partial charge on any atom is -0.480 e. The van der Waals surface area contributed by atoms with Crippen LogP contribution in [0.3, 0.4) is 0 Å². The van der Waals surface area contributed by atoms with Crippen molar-refractivity contribution in [3.63, 3.8) is 0 Å². The molecule has 2 aliphatic heterocycles. The maximum Gasteiger partial charge on any atom is 0.323 e. The number of carboxylic acids is 1. The predicted molar refractivity (Wildman–Crippen MR) is 123 cm³/mol. The molecule has 31 heavy (non-hydrogen) atoms. The first-order valence-corrected chi connectivity index (χ1v) is 11.2. The van der Waals surface area contributed by atoms with Crippen molar-refractivity contribution in [2.45, 2.75) is 44.6 Å². The van der Waals surface area contributed by atoms with E-state index in [4.69, 9.17) is 23.2 Å². The van der Waals surface area contributed by atoms with Crippen molar-refractivity contribution in [1.29, 1.82) is 0 Å². The number of nitrogens with one attached hydrogen (secondary N) is 1. The topological polar surface area (TPSA) is 52.6 Å². The molecular weight excluding hydrogens is 438 g/mol. The lowest BCUT2D eigenvalue weighted by molar-refractivity contribution is -0.135. The number of hydrogen-bond acceptors (Lipinski definition) is 3. The third-order valence-electron chi connectivity index (χ3n) is 6.57. The van der Waals surface area contributed by atoms with Crippen molar-refractivity contribution in [2.24, 2.45) is 5.41 Å². The summed E-state index contributed by atoms with van der Waals surface area (Å²) in [4.78, 5) is 13.5. The molecule has 2 N–H and O–H groups in total. The number of nitrogens with zero attached hydrogens (tertiary/aromatic N) is 1. The van der Waals surface area contributed by atoms with Gasteiger partial charge >= 0.3 is 5.97 Å². The Balaban J connectivity index is 1.92. The Morgan fingerprint density at radius 2 is 2.03 bits per heavy atom. The summed E-state index contributed by atoms with van der Waals surface area (Å²) in [6.45, 7) is 7.47. The Kier molecular flexibility index (Phi) is 5.74. The van der Waals surface area contributed by atoms with E-state index in [2.05, 4.69) is 26.1 Å². The Morgan fingerprint density at radius 1 is 1.29 bits per heavy atom. The second kappa shape index (κ2) is 7.95. The van der Waals surface area contributed by atoms with Crippen LogP contribution in [0.1, 0.15) is 44.2 Å². The molecule has 1 saturated heterocycles. The second-order valence-corrected chi connectivity index (χ2v) is 10.7. The third-order valence-corrected chi connectivity index (χ3v) is 7.09. The summed E-state index contributed by atoms with van der Waals surface area (Å²) in [6.07, 6.45) is 0.856. The lowest BCUT2D eigenvalue weighted by atomic mass is 9.64. The first-order chi connectivity index (χ1) is 14.5. The first kappa shape index (κ1) is 22.4. The lowest BCUT2D eigenvalue weighted by Gasteiger charge is -2.40. The van der Waals surface area contributed by atoms with Crippen LogP contribution in [-0.2, 0) is 10.2 Å². The van der Waals surface area contributed by atoms with Gasteiger partial charge in [-0.15, -0.1) is 0 Å². The zero-order valence-corrected chi connectivity index (χ0v) is 19.4. The number of carboxylic acid groups (broad SMARTS) is 1. The molecule has 0 aromatic heterocycles. The quantitative estimate of drug-likeness (QED) is 0.629. The number of aliphatic carboxylic acids is 1. The number of hydrogen-bond donors (Lipinski definition) is 2. The number of fused-ring (bicyclic) bond motifs is 2. The van der Waals surface area contributed by atoms with Gasteiger partial charge in [-0.3, -0.25) is 4.79 Å². The molecule has 0 saturated carbocycles. The largest absolute Gasteiger partial charge is 0.480 e. The molecule has 4 nitrogen and oxygen atoms in total. The molecule has 4 rings (SSSR count). The Morgan fingerprint density at radius 3 is 2.71 bits per heavy atom. The minimum atomic E-state index is -0.910. The zero-order chi connectivity index (χ0) is 22.6. The summed E-state index contributed by atoms with van der Waals surface area (Å²) in [5.74, 6) is -1.51. The van der Waals surface area contributed by atoms with Crippen molar-refractivity contribution in [2.75, 3.05) is 24.5 Å². The van der Waals surface area contributed by atoms with E-state index in [-0.39, 0.29) is 28.9 Å². The van der Waals surface area contributed by atoms with E-state index in [1.807, 2.05) is 23.1 Å². The molecule has 0 aliphatic carbocycles. The van der Waals surface area contributed by atoms with Crippen LogP contribution in [0.5, 0.6) is 0 Å². The van der Waals surface area contributed by atoms with E-state index in [9.17, 15) is 9.90 Å². The maximum absolute atomic E-state index is 15.2. The molecule has 1 fully saturated rings. The molecule has 166 valence electrons. The molecule has 0 amide bonds. The molecule has 2 aromatic rings. The number of rotatable bonds is 4. The van der Waals surface area contributed by atoms with Crippen LogP contribution >= 0.6 is 23.2 Å². The summed E-state index contributed by atoms with van der Waals surface area (Å²) in [7, 11) is 0. The van der Waals surface area contributed by atoms with Crippen LogP contribution in [0, 0.1) is 11.2 Å². The minimum absolute atomic E-state index is 0.0270. The highest BCUT2D eigenvalue weighted by Gasteiger charge is 2.58. The van der Waals surface area contributed by atoms with Crippen molar-refractivity contribution >= 4 is 34.9 Å². The number of carbonyl (C=O) groups is 1. The highest BCUT2D eigenvalue weighted by molar-refractivity contribution is 6.31. The average Bonchev–Trinajstić information content (AvgIpc) is 3.15. The summed E-state index contributed by atoms with van der Waals surface area (Å²) in [5, 5.41) is 13.9. The highest BCUT2D eigenvalue weighted by Crippen LogP contribution is 2.56.